The van der Waals surface area contributed by atoms with Gasteiger partial charge in [-0.2, -0.15) is 9.36 Å². The van der Waals surface area contributed by atoms with Crippen LogP contribution < -0.4 is 43.6 Å². The molecule has 4 amide bonds. The van der Waals surface area contributed by atoms with Crippen LogP contribution in [0.2, 0.25) is 0 Å². The quantitative estimate of drug-likeness (QED) is 0.0246. The molecule has 0 aliphatic carbocycles. The number of thioether (sulfide) groups is 1. The molecule has 2 aromatic heterocycles. The number of carboxylic acids is 2. The number of guanidine groups is 1. The van der Waals surface area contributed by atoms with Crippen LogP contribution in [0.25, 0.3) is 0 Å². The summed E-state index contributed by atoms with van der Waals surface area (Å²) in [5.41, 5.74) is 20.3. The van der Waals surface area contributed by atoms with Crippen molar-refractivity contribution in [2.24, 2.45) is 28.7 Å². The summed E-state index contributed by atoms with van der Waals surface area (Å²) in [5.74, 6) is -4.50. The fraction of sp³-hybridized carbons (Fsp3) is 0.417. The molecule has 4 heterocycles. The Morgan fingerprint density at radius 3 is 2.54 bits per heavy atom. The third-order valence-electron chi connectivity index (χ3n) is 6.87. The average Bonchev–Trinajstić information content (AvgIpc) is 3.55. The van der Waals surface area contributed by atoms with Gasteiger partial charge < -0.3 is 48.6 Å². The number of rotatable bonds is 13. The molecule has 2 aliphatic heterocycles. The van der Waals surface area contributed by atoms with E-state index in [1.165, 1.54) is 36.5 Å². The van der Waals surface area contributed by atoms with Crippen molar-refractivity contribution < 1.29 is 43.7 Å². The highest BCUT2D eigenvalue weighted by atomic mass is 32.2. The predicted molar refractivity (Wildman–Crippen MR) is 171 cm³/mol. The summed E-state index contributed by atoms with van der Waals surface area (Å²) < 4.78 is 6.97. The number of carboxylic acid groups (broad SMARTS) is 2. The van der Waals surface area contributed by atoms with Gasteiger partial charge in [0.2, 0.25) is 23.3 Å². The van der Waals surface area contributed by atoms with Gasteiger partial charge >= 0.3 is 18.0 Å². The molecular weight excluding hydrogens is 676 g/mol. The molecule has 258 valence electrons. The molecule has 1 saturated heterocycles. The van der Waals surface area contributed by atoms with Gasteiger partial charge in [-0.15, -0.1) is 21.1 Å². The summed E-state index contributed by atoms with van der Waals surface area (Å²) in [6.45, 7) is 2.71. The van der Waals surface area contributed by atoms with Crippen molar-refractivity contribution in [1.82, 2.24) is 29.6 Å². The number of aliphatic imine (C=N–C) groups is 1. The Hall–Kier alpha value is -5.65. The molecule has 2 aliphatic rings. The van der Waals surface area contributed by atoms with Crippen LogP contribution in [0, 0.1) is 0 Å². The molecule has 2 atom stereocenters. The lowest BCUT2D eigenvalue weighted by Gasteiger charge is -2.49. The van der Waals surface area contributed by atoms with Crippen LogP contribution in [-0.4, -0.2) is 106 Å². The largest absolute Gasteiger partial charge is 0.478 e. The molecule has 48 heavy (non-hydrogen) atoms. The Morgan fingerprint density at radius 2 is 1.94 bits per heavy atom. The van der Waals surface area contributed by atoms with Crippen molar-refractivity contribution in [1.29, 1.82) is 0 Å². The lowest BCUT2D eigenvalue weighted by atomic mass is 10.0. The first-order valence-electron chi connectivity index (χ1n) is 13.8. The second kappa shape index (κ2) is 14.0. The van der Waals surface area contributed by atoms with E-state index >= 15 is 0 Å². The average molecular weight is 710 g/mol. The number of nitrogen functional groups attached to an aromatic ring is 2. The highest BCUT2D eigenvalue weighted by Gasteiger charge is 2.55. The van der Waals surface area contributed by atoms with E-state index < -0.39 is 52.5 Å². The SMILES string of the molecule is Cn1c(N)c(NC(=O)NCCN=C(N)N)c[n+]1CC1=C(C(=O)O)N2C(=O)[C@@H](NC(=O)/C(=N\OC(C)(C)C(=O)O)c3nsc(N)n3)[C@H]2SC1. The number of carbonyl (C=O) groups excluding carboxylic acids is 3. The maximum absolute atomic E-state index is 13.3. The summed E-state index contributed by atoms with van der Waals surface area (Å²) >= 11 is 1.95. The maximum Gasteiger partial charge on any atom is 0.352 e. The Labute approximate surface area is 279 Å². The smallest absolute Gasteiger partial charge is 0.352 e. The summed E-state index contributed by atoms with van der Waals surface area (Å²) in [7, 11) is 1.60. The van der Waals surface area contributed by atoms with Crippen molar-refractivity contribution >= 4 is 81.4 Å². The predicted octanol–water partition coefficient (Wildman–Crippen LogP) is -3.25. The minimum absolute atomic E-state index is 0.0102. The van der Waals surface area contributed by atoms with Crippen molar-refractivity contribution in [2.75, 3.05) is 35.6 Å². The highest BCUT2D eigenvalue weighted by molar-refractivity contribution is 8.00. The summed E-state index contributed by atoms with van der Waals surface area (Å²) in [6.07, 6.45) is 1.50. The fourth-order valence-corrected chi connectivity index (χ4v) is 6.08. The van der Waals surface area contributed by atoms with Gasteiger partial charge in [0, 0.05) is 29.4 Å². The zero-order valence-electron chi connectivity index (χ0n) is 25.7. The van der Waals surface area contributed by atoms with Crippen LogP contribution in [0.4, 0.5) is 21.4 Å². The number of carbonyl (C=O) groups is 5. The topological polar surface area (TPSA) is 338 Å². The second-order valence-corrected chi connectivity index (χ2v) is 12.5. The van der Waals surface area contributed by atoms with Gasteiger partial charge in [0.05, 0.1) is 13.6 Å². The van der Waals surface area contributed by atoms with Crippen LogP contribution in [0.5, 0.6) is 0 Å². The molecule has 4 rings (SSSR count). The van der Waals surface area contributed by atoms with Gasteiger partial charge in [-0.3, -0.25) is 24.8 Å². The first kappa shape index (κ1) is 35.2. The summed E-state index contributed by atoms with van der Waals surface area (Å²) in [6, 6.07) is -1.75. The van der Waals surface area contributed by atoms with Crippen molar-refractivity contribution in [3.63, 3.8) is 0 Å². The molecular formula is C24H33N14O8S2+. The standard InChI is InChI=1S/C24H32N14O8S2/c1-24(2,20(43)44)46-34-11(15-33-22(28)48-35-15)16(39)32-12-17(40)38-13(19(41)42)9(8-47-18(12)38)6-37-7-10(14(25)36(37)3)31-23(45)30-5-4-29-21(26)27/h7,12,18,25H,4-6,8H2,1-3H3,(H11,26,27,28,29,30,31,32,33,35,39,41,42,43,44,45)/p+1/b34-11-/t12-,18-/m1/s1. The second-order valence-electron chi connectivity index (χ2n) is 10.7. The van der Waals surface area contributed by atoms with Crippen molar-refractivity contribution in [3.05, 3.63) is 23.3 Å². The molecule has 13 N–H and O–H groups in total. The van der Waals surface area contributed by atoms with Gasteiger partial charge in [0.15, 0.2) is 29.1 Å². The molecule has 0 radical (unpaired) electrons. The van der Waals surface area contributed by atoms with Crippen LogP contribution in [-0.2, 0) is 37.6 Å². The summed E-state index contributed by atoms with van der Waals surface area (Å²) in [5, 5.41) is 30.0. The Bertz CT molecular complexity index is 1740. The van der Waals surface area contributed by atoms with Crippen LogP contribution >= 0.6 is 23.3 Å². The number of hydrogen-bond acceptors (Lipinski definition) is 14. The number of urea groups is 1. The molecule has 0 spiro atoms. The van der Waals surface area contributed by atoms with Gasteiger partial charge in [0.1, 0.15) is 17.1 Å². The number of nitrogens with one attached hydrogen (secondary N) is 3. The van der Waals surface area contributed by atoms with E-state index in [1.807, 2.05) is 0 Å². The van der Waals surface area contributed by atoms with Gasteiger partial charge in [0.25, 0.3) is 11.8 Å². The number of anilines is 3. The molecule has 2 aromatic rings. The zero-order chi connectivity index (χ0) is 35.5. The van der Waals surface area contributed by atoms with E-state index in [0.717, 1.165) is 16.4 Å². The van der Waals surface area contributed by atoms with Gasteiger partial charge in [-0.1, -0.05) is 5.16 Å². The number of aromatic nitrogens is 4. The number of nitrogens with zero attached hydrogens (tertiary/aromatic N) is 7. The Morgan fingerprint density at radius 1 is 1.23 bits per heavy atom. The number of oxime groups is 1. The number of aliphatic carboxylic acids is 2. The van der Waals surface area contributed by atoms with Gasteiger partial charge in [-0.25, -0.2) is 14.4 Å². The zero-order valence-corrected chi connectivity index (χ0v) is 27.3. The van der Waals surface area contributed by atoms with E-state index in [4.69, 9.17) is 27.8 Å². The molecule has 0 aromatic carbocycles. The van der Waals surface area contributed by atoms with Crippen LogP contribution in [0.3, 0.4) is 0 Å². The maximum atomic E-state index is 13.3. The molecule has 0 saturated carbocycles. The van der Waals surface area contributed by atoms with E-state index in [1.54, 1.807) is 11.7 Å². The molecule has 24 heteroatoms. The first-order chi connectivity index (χ1) is 22.5. The van der Waals surface area contributed by atoms with E-state index in [9.17, 15) is 34.2 Å². The van der Waals surface area contributed by atoms with E-state index in [-0.39, 0.29) is 59.5 Å². The number of fused-ring (bicyclic) bond motifs is 1. The molecule has 0 unspecified atom stereocenters. The Balaban J connectivity index is 1.50. The summed E-state index contributed by atoms with van der Waals surface area (Å²) in [4.78, 5) is 76.5. The molecule has 0 bridgehead atoms. The lowest BCUT2D eigenvalue weighted by molar-refractivity contribution is -0.765. The van der Waals surface area contributed by atoms with E-state index in [2.05, 4.69) is 35.5 Å². The fourth-order valence-electron chi connectivity index (χ4n) is 4.31. The van der Waals surface area contributed by atoms with Crippen LogP contribution in [0.15, 0.2) is 27.6 Å². The Kier molecular flexibility index (Phi) is 10.3. The monoisotopic (exact) mass is 709 g/mol. The van der Waals surface area contributed by atoms with E-state index in [0.29, 0.717) is 5.57 Å². The number of hydrogen-bond donors (Lipinski definition) is 9. The van der Waals surface area contributed by atoms with Crippen molar-refractivity contribution in [3.8, 4) is 0 Å². The molecule has 1 fully saturated rings. The third-order valence-corrected chi connectivity index (χ3v) is 8.75. The number of β-lactam (4-membered cyclic amide) rings is 1. The minimum atomic E-state index is -1.83. The number of nitrogens with two attached hydrogens (primary N) is 4. The van der Waals surface area contributed by atoms with Crippen LogP contribution in [0.1, 0.15) is 19.7 Å². The number of amides is 4. The molecule has 22 nitrogen and oxygen atoms in total. The third kappa shape index (κ3) is 7.49. The first-order valence-corrected chi connectivity index (χ1v) is 15.6. The minimum Gasteiger partial charge on any atom is -0.478 e. The van der Waals surface area contributed by atoms with Gasteiger partial charge in [-0.05, 0) is 13.8 Å². The van der Waals surface area contributed by atoms with Crippen molar-refractivity contribution in [2.45, 2.75) is 37.4 Å². The normalized spacial score (nSPS) is 17.6. The highest BCUT2D eigenvalue weighted by Crippen LogP contribution is 2.40. The lowest BCUT2D eigenvalue weighted by Crippen LogP contribution is -2.71.